The number of benzene rings is 2. The zero-order valence-corrected chi connectivity index (χ0v) is 13.6. The average molecular weight is 330 g/mol. The van der Waals surface area contributed by atoms with E-state index >= 15 is 0 Å². The van der Waals surface area contributed by atoms with Gasteiger partial charge in [-0.25, -0.2) is 4.98 Å². The Balaban J connectivity index is 1.71. The molecule has 0 aliphatic heterocycles. The van der Waals surface area contributed by atoms with E-state index in [2.05, 4.69) is 26.6 Å². The molecule has 0 amide bonds. The largest absolute Gasteiger partial charge is 0.255 e. The van der Waals surface area contributed by atoms with Crippen LogP contribution in [-0.4, -0.2) is 15.7 Å². The van der Waals surface area contributed by atoms with Crippen molar-refractivity contribution in [2.24, 2.45) is 5.10 Å². The molecule has 116 valence electrons. The molecule has 2 aromatic carbocycles. The lowest BCUT2D eigenvalue weighted by molar-refractivity contribution is 1.24. The van der Waals surface area contributed by atoms with Gasteiger partial charge in [0, 0.05) is 11.8 Å². The number of aromatic nitrogens is 2. The summed E-state index contributed by atoms with van der Waals surface area (Å²) in [5, 5.41) is 5.35. The monoisotopic (exact) mass is 330 g/mol. The van der Waals surface area contributed by atoms with E-state index in [4.69, 9.17) is 0 Å². The fraction of sp³-hybridized carbons (Fsp3) is 0. The maximum Gasteiger partial charge on any atom is 0.204 e. The van der Waals surface area contributed by atoms with Crippen molar-refractivity contribution < 1.29 is 0 Å². The number of hydrogen-bond donors (Lipinski definition) is 1. The first-order chi connectivity index (χ1) is 11.9. The first kappa shape index (κ1) is 14.5. The summed E-state index contributed by atoms with van der Waals surface area (Å²) in [5.41, 5.74) is 6.67. The quantitative estimate of drug-likeness (QED) is 0.441. The average Bonchev–Trinajstić information content (AvgIpc) is 3.07. The van der Waals surface area contributed by atoms with Crippen LogP contribution >= 0.6 is 11.3 Å². The molecule has 1 N–H and O–H groups in total. The highest BCUT2D eigenvalue weighted by Gasteiger charge is 2.09. The van der Waals surface area contributed by atoms with Crippen LogP contribution in [0.5, 0.6) is 0 Å². The lowest BCUT2D eigenvalue weighted by atomic mass is 10.1. The van der Waals surface area contributed by atoms with Crippen molar-refractivity contribution in [3.8, 4) is 0 Å². The van der Waals surface area contributed by atoms with E-state index in [1.165, 1.54) is 0 Å². The Morgan fingerprint density at radius 2 is 1.67 bits per heavy atom. The molecule has 2 aromatic heterocycles. The first-order valence-corrected chi connectivity index (χ1v) is 8.38. The van der Waals surface area contributed by atoms with E-state index in [1.54, 1.807) is 17.5 Å². The Morgan fingerprint density at radius 1 is 0.875 bits per heavy atom. The third-order valence-corrected chi connectivity index (χ3v) is 4.45. The van der Waals surface area contributed by atoms with E-state index in [-0.39, 0.29) is 0 Å². The molecule has 4 aromatic rings. The Bertz CT molecular complexity index is 903. The molecule has 0 atom stereocenters. The Hall–Kier alpha value is -3.05. The molecule has 4 nitrogen and oxygen atoms in total. The van der Waals surface area contributed by atoms with Crippen LogP contribution in [0.15, 0.2) is 84.1 Å². The summed E-state index contributed by atoms with van der Waals surface area (Å²) in [6.45, 7) is 0. The molecule has 0 saturated heterocycles. The fourth-order valence-electron chi connectivity index (χ4n) is 2.39. The number of hydrogen-bond acceptors (Lipinski definition) is 5. The number of pyridine rings is 1. The minimum atomic E-state index is 0.764. The minimum absolute atomic E-state index is 0.764. The van der Waals surface area contributed by atoms with Crippen LogP contribution in [0.4, 0.5) is 5.13 Å². The second-order valence-electron chi connectivity index (χ2n) is 5.14. The number of nitrogens with one attached hydrogen (secondary N) is 1. The summed E-state index contributed by atoms with van der Waals surface area (Å²) >= 11 is 1.58. The highest BCUT2D eigenvalue weighted by Crippen LogP contribution is 2.25. The van der Waals surface area contributed by atoms with E-state index < -0.39 is 0 Å². The van der Waals surface area contributed by atoms with Crippen molar-refractivity contribution in [2.75, 3.05) is 5.43 Å². The van der Waals surface area contributed by atoms with Crippen LogP contribution < -0.4 is 5.43 Å². The standard InChI is InChI=1S/C19H14N4S/c1-2-8-14(9-3-1)18(16-11-6-7-13-20-16)22-23-19-21-15-10-4-5-12-17(15)24-19/h1-13H,(H,21,23)/b22-18+. The van der Waals surface area contributed by atoms with Gasteiger partial charge >= 0.3 is 0 Å². The van der Waals surface area contributed by atoms with Gasteiger partial charge in [-0.1, -0.05) is 59.9 Å². The summed E-state index contributed by atoms with van der Waals surface area (Å²) in [4.78, 5) is 8.97. The lowest BCUT2D eigenvalue weighted by Crippen LogP contribution is -2.08. The van der Waals surface area contributed by atoms with Gasteiger partial charge in [-0.05, 0) is 24.3 Å². The maximum absolute atomic E-state index is 4.58. The van der Waals surface area contributed by atoms with E-state index in [9.17, 15) is 0 Å². The Labute approximate surface area is 143 Å². The van der Waals surface area contributed by atoms with E-state index in [1.807, 2.05) is 66.7 Å². The van der Waals surface area contributed by atoms with Gasteiger partial charge in [0.25, 0.3) is 0 Å². The van der Waals surface area contributed by atoms with Crippen LogP contribution in [0.1, 0.15) is 11.3 Å². The van der Waals surface area contributed by atoms with Gasteiger partial charge in [0.15, 0.2) is 0 Å². The van der Waals surface area contributed by atoms with Crippen LogP contribution in [-0.2, 0) is 0 Å². The number of thiazole rings is 1. The van der Waals surface area contributed by atoms with E-state index in [0.29, 0.717) is 0 Å². The van der Waals surface area contributed by atoms with Gasteiger partial charge in [0.1, 0.15) is 5.71 Å². The third kappa shape index (κ3) is 3.02. The molecule has 0 unspecified atom stereocenters. The SMILES string of the molecule is c1ccc(/C(=N\Nc2nc3ccccc3s2)c2ccccn2)cc1. The topological polar surface area (TPSA) is 50.2 Å². The summed E-state index contributed by atoms with van der Waals surface area (Å²) in [5.74, 6) is 0. The fourth-order valence-corrected chi connectivity index (χ4v) is 3.20. The second-order valence-corrected chi connectivity index (χ2v) is 6.17. The number of para-hydroxylation sites is 1. The van der Waals surface area contributed by atoms with Gasteiger partial charge in [0.05, 0.1) is 15.9 Å². The van der Waals surface area contributed by atoms with Gasteiger partial charge < -0.3 is 0 Å². The van der Waals surface area contributed by atoms with Crippen molar-refractivity contribution in [1.82, 2.24) is 9.97 Å². The summed E-state index contributed by atoms with van der Waals surface area (Å²) in [6, 6.07) is 23.9. The number of fused-ring (bicyclic) bond motifs is 1. The smallest absolute Gasteiger partial charge is 0.204 e. The second kappa shape index (κ2) is 6.60. The Morgan fingerprint density at radius 3 is 2.46 bits per heavy atom. The van der Waals surface area contributed by atoms with Gasteiger partial charge in [-0.15, -0.1) is 0 Å². The van der Waals surface area contributed by atoms with Crippen molar-refractivity contribution in [2.45, 2.75) is 0 Å². The summed E-state index contributed by atoms with van der Waals surface area (Å²) < 4.78 is 1.13. The van der Waals surface area contributed by atoms with Crippen molar-refractivity contribution in [3.63, 3.8) is 0 Å². The molecule has 0 spiro atoms. The van der Waals surface area contributed by atoms with Crippen LogP contribution in [0.25, 0.3) is 10.2 Å². The van der Waals surface area contributed by atoms with Gasteiger partial charge in [0.2, 0.25) is 5.13 Å². The van der Waals surface area contributed by atoms with Gasteiger partial charge in [-0.3, -0.25) is 10.4 Å². The summed E-state index contributed by atoms with van der Waals surface area (Å²) in [7, 11) is 0. The number of anilines is 1. The molecule has 2 heterocycles. The van der Waals surface area contributed by atoms with Crippen LogP contribution in [0, 0.1) is 0 Å². The van der Waals surface area contributed by atoms with E-state index in [0.717, 1.165) is 32.3 Å². The molecular weight excluding hydrogens is 316 g/mol. The molecule has 4 rings (SSSR count). The molecule has 0 bridgehead atoms. The van der Waals surface area contributed by atoms with Crippen molar-refractivity contribution >= 4 is 32.4 Å². The minimum Gasteiger partial charge on any atom is -0.255 e. The normalized spacial score (nSPS) is 11.6. The molecular formula is C19H14N4S. The highest BCUT2D eigenvalue weighted by atomic mass is 32.1. The first-order valence-electron chi connectivity index (χ1n) is 7.56. The predicted octanol–water partition coefficient (Wildman–Crippen LogP) is 4.56. The summed E-state index contributed by atoms with van der Waals surface area (Å²) in [6.07, 6.45) is 1.77. The highest BCUT2D eigenvalue weighted by molar-refractivity contribution is 7.22. The number of nitrogens with zero attached hydrogens (tertiary/aromatic N) is 3. The predicted molar refractivity (Wildman–Crippen MR) is 99.6 cm³/mol. The number of rotatable bonds is 4. The van der Waals surface area contributed by atoms with Gasteiger partial charge in [-0.2, -0.15) is 5.10 Å². The lowest BCUT2D eigenvalue weighted by Gasteiger charge is -2.06. The molecule has 5 heteroatoms. The molecule has 0 aliphatic carbocycles. The molecule has 0 aliphatic rings. The van der Waals surface area contributed by atoms with Crippen LogP contribution in [0.2, 0.25) is 0 Å². The zero-order chi connectivity index (χ0) is 16.2. The molecule has 0 radical (unpaired) electrons. The molecule has 0 fully saturated rings. The Kier molecular flexibility index (Phi) is 4.00. The maximum atomic E-state index is 4.58. The van der Waals surface area contributed by atoms with Crippen LogP contribution in [0.3, 0.4) is 0 Å². The third-order valence-electron chi connectivity index (χ3n) is 3.51. The zero-order valence-electron chi connectivity index (χ0n) is 12.8. The molecule has 0 saturated carbocycles. The van der Waals surface area contributed by atoms with Crippen molar-refractivity contribution in [1.29, 1.82) is 0 Å². The molecule has 24 heavy (non-hydrogen) atoms. The van der Waals surface area contributed by atoms with Crippen molar-refractivity contribution in [3.05, 3.63) is 90.3 Å². The number of hydrazone groups is 1.